The van der Waals surface area contributed by atoms with Gasteiger partial charge in [-0.25, -0.2) is 21.6 Å². The highest BCUT2D eigenvalue weighted by Gasteiger charge is 2.30. The Labute approximate surface area is 180 Å². The molecule has 2 aromatic rings. The van der Waals surface area contributed by atoms with Crippen LogP contribution in [0, 0.1) is 0 Å². The highest BCUT2D eigenvalue weighted by molar-refractivity contribution is 7.89. The van der Waals surface area contributed by atoms with Crippen LogP contribution in [0.5, 0.6) is 0 Å². The third-order valence-corrected chi connectivity index (χ3v) is 8.46. The summed E-state index contributed by atoms with van der Waals surface area (Å²) < 4.78 is 91.8. The molecule has 0 spiro atoms. The normalized spacial score (nSPS) is 16.4. The standard InChI is InChI=1S/C20H23F3N2O4S2/c21-20(22,23)17-6-4-16(5-7-17)12-13-24-30(26,27)18-8-10-19(11-9-18)31(28,29)25-14-2-1-3-15-25/h4-11,24H,1-3,12-15H2. The van der Waals surface area contributed by atoms with E-state index in [2.05, 4.69) is 4.72 Å². The Morgan fingerprint density at radius 3 is 1.90 bits per heavy atom. The molecule has 31 heavy (non-hydrogen) atoms. The Kier molecular flexibility index (Phi) is 7.09. The van der Waals surface area contributed by atoms with Crippen LogP contribution in [-0.4, -0.2) is 40.8 Å². The van der Waals surface area contributed by atoms with Crippen LogP contribution in [0.4, 0.5) is 13.2 Å². The summed E-state index contributed by atoms with van der Waals surface area (Å²) in [5, 5.41) is 0. The van der Waals surface area contributed by atoms with Crippen LogP contribution in [0.15, 0.2) is 58.3 Å². The number of benzene rings is 2. The molecule has 2 aromatic carbocycles. The van der Waals surface area contributed by atoms with Crippen molar-refractivity contribution in [2.45, 2.75) is 41.7 Å². The average molecular weight is 477 g/mol. The minimum Gasteiger partial charge on any atom is -0.211 e. The number of hydrogen-bond donors (Lipinski definition) is 1. The zero-order valence-corrected chi connectivity index (χ0v) is 18.2. The molecule has 3 rings (SSSR count). The lowest BCUT2D eigenvalue weighted by molar-refractivity contribution is -0.137. The maximum atomic E-state index is 12.7. The minimum absolute atomic E-state index is 0.0124. The molecular weight excluding hydrogens is 453 g/mol. The van der Waals surface area contributed by atoms with E-state index in [0.717, 1.165) is 31.4 Å². The number of rotatable bonds is 7. The van der Waals surface area contributed by atoms with Crippen LogP contribution >= 0.6 is 0 Å². The van der Waals surface area contributed by atoms with E-state index in [9.17, 15) is 30.0 Å². The lowest BCUT2D eigenvalue weighted by Crippen LogP contribution is -2.35. The maximum Gasteiger partial charge on any atom is 0.416 e. The summed E-state index contributed by atoms with van der Waals surface area (Å²) in [5.41, 5.74) is -0.213. The van der Waals surface area contributed by atoms with Gasteiger partial charge < -0.3 is 0 Å². The summed E-state index contributed by atoms with van der Waals surface area (Å²) in [6.45, 7) is 0.892. The first-order chi connectivity index (χ1) is 14.5. The Hall–Kier alpha value is -1.95. The van der Waals surface area contributed by atoms with Crippen molar-refractivity contribution >= 4 is 20.0 Å². The van der Waals surface area contributed by atoms with Crippen LogP contribution in [0.2, 0.25) is 0 Å². The van der Waals surface area contributed by atoms with Crippen molar-refractivity contribution in [2.75, 3.05) is 19.6 Å². The van der Waals surface area contributed by atoms with Crippen molar-refractivity contribution < 1.29 is 30.0 Å². The Morgan fingerprint density at radius 1 is 0.806 bits per heavy atom. The number of nitrogens with one attached hydrogen (secondary N) is 1. The number of alkyl halides is 3. The second-order valence-electron chi connectivity index (χ2n) is 7.28. The third kappa shape index (κ3) is 5.85. The largest absolute Gasteiger partial charge is 0.416 e. The van der Waals surface area contributed by atoms with Crippen LogP contribution in [-0.2, 0) is 32.6 Å². The Bertz CT molecular complexity index is 1090. The van der Waals surface area contributed by atoms with Crippen LogP contribution in [0.1, 0.15) is 30.4 Å². The van der Waals surface area contributed by atoms with E-state index >= 15 is 0 Å². The fraction of sp³-hybridized carbons (Fsp3) is 0.400. The molecule has 0 saturated carbocycles. The SMILES string of the molecule is O=S(=O)(NCCc1ccc(C(F)(F)F)cc1)c1ccc(S(=O)(=O)N2CCCCC2)cc1. The van der Waals surface area contributed by atoms with Gasteiger partial charge in [0.25, 0.3) is 0 Å². The van der Waals surface area contributed by atoms with E-state index in [4.69, 9.17) is 0 Å². The van der Waals surface area contributed by atoms with Gasteiger partial charge in [-0.3, -0.25) is 0 Å². The summed E-state index contributed by atoms with van der Waals surface area (Å²) in [6, 6.07) is 9.52. The summed E-state index contributed by atoms with van der Waals surface area (Å²) in [4.78, 5) is -0.0457. The molecule has 170 valence electrons. The van der Waals surface area contributed by atoms with E-state index in [1.54, 1.807) is 0 Å². The highest BCUT2D eigenvalue weighted by atomic mass is 32.2. The monoisotopic (exact) mass is 476 g/mol. The molecular formula is C20H23F3N2O4S2. The third-order valence-electron chi connectivity index (χ3n) is 5.07. The zero-order valence-electron chi connectivity index (χ0n) is 16.6. The second-order valence-corrected chi connectivity index (χ2v) is 11.0. The van der Waals surface area contributed by atoms with Gasteiger partial charge in [0, 0.05) is 19.6 Å². The van der Waals surface area contributed by atoms with Gasteiger partial charge in [0.05, 0.1) is 15.4 Å². The Morgan fingerprint density at radius 2 is 1.35 bits per heavy atom. The second kappa shape index (κ2) is 9.27. The molecule has 0 aliphatic carbocycles. The van der Waals surface area contributed by atoms with E-state index in [1.807, 2.05) is 0 Å². The molecule has 1 N–H and O–H groups in total. The predicted molar refractivity (Wildman–Crippen MR) is 109 cm³/mol. The first kappa shape index (κ1) is 23.7. The van der Waals surface area contributed by atoms with Crippen molar-refractivity contribution in [3.05, 3.63) is 59.7 Å². The average Bonchev–Trinajstić information content (AvgIpc) is 2.74. The first-order valence-corrected chi connectivity index (χ1v) is 12.7. The molecule has 0 unspecified atom stereocenters. The smallest absolute Gasteiger partial charge is 0.211 e. The van der Waals surface area contributed by atoms with Crippen LogP contribution in [0.25, 0.3) is 0 Å². The van der Waals surface area contributed by atoms with E-state index in [0.29, 0.717) is 18.7 Å². The highest BCUT2D eigenvalue weighted by Crippen LogP contribution is 2.29. The number of nitrogens with zero attached hydrogens (tertiary/aromatic N) is 1. The number of piperidine rings is 1. The quantitative estimate of drug-likeness (QED) is 0.664. The molecule has 0 amide bonds. The fourth-order valence-corrected chi connectivity index (χ4v) is 5.87. The molecule has 6 nitrogen and oxygen atoms in total. The Balaban J connectivity index is 1.61. The molecule has 0 atom stereocenters. The topological polar surface area (TPSA) is 83.5 Å². The zero-order chi connectivity index (χ0) is 22.7. The van der Waals surface area contributed by atoms with E-state index < -0.39 is 31.8 Å². The van der Waals surface area contributed by atoms with Gasteiger partial charge in [0.2, 0.25) is 20.0 Å². The van der Waals surface area contributed by atoms with Crippen molar-refractivity contribution in [1.82, 2.24) is 9.03 Å². The van der Waals surface area contributed by atoms with Crippen LogP contribution < -0.4 is 4.72 Å². The predicted octanol–water partition coefficient (Wildman–Crippen LogP) is 3.40. The van der Waals surface area contributed by atoms with E-state index in [-0.39, 0.29) is 22.8 Å². The van der Waals surface area contributed by atoms with Crippen LogP contribution in [0.3, 0.4) is 0 Å². The first-order valence-electron chi connectivity index (χ1n) is 9.76. The van der Waals surface area contributed by atoms with Gasteiger partial charge in [0.15, 0.2) is 0 Å². The van der Waals surface area contributed by atoms with E-state index in [1.165, 1.54) is 40.7 Å². The summed E-state index contributed by atoms with van der Waals surface area (Å²) in [5.74, 6) is 0. The summed E-state index contributed by atoms with van der Waals surface area (Å²) in [6.07, 6.45) is -1.63. The van der Waals surface area contributed by atoms with Crippen molar-refractivity contribution in [3.8, 4) is 0 Å². The summed E-state index contributed by atoms with van der Waals surface area (Å²) in [7, 11) is -7.54. The van der Waals surface area contributed by atoms with Gasteiger partial charge in [-0.15, -0.1) is 0 Å². The van der Waals surface area contributed by atoms with Gasteiger partial charge in [0.1, 0.15) is 0 Å². The maximum absolute atomic E-state index is 12.7. The molecule has 1 fully saturated rings. The van der Waals surface area contributed by atoms with Gasteiger partial charge in [-0.05, 0) is 61.2 Å². The van der Waals surface area contributed by atoms with Gasteiger partial charge >= 0.3 is 6.18 Å². The molecule has 0 bridgehead atoms. The lowest BCUT2D eigenvalue weighted by Gasteiger charge is -2.25. The van der Waals surface area contributed by atoms with Crippen molar-refractivity contribution in [2.24, 2.45) is 0 Å². The van der Waals surface area contributed by atoms with Crippen molar-refractivity contribution in [3.63, 3.8) is 0 Å². The number of hydrogen-bond acceptors (Lipinski definition) is 4. The van der Waals surface area contributed by atoms with Crippen molar-refractivity contribution in [1.29, 1.82) is 0 Å². The molecule has 0 aromatic heterocycles. The lowest BCUT2D eigenvalue weighted by atomic mass is 10.1. The molecule has 0 radical (unpaired) electrons. The molecule has 1 saturated heterocycles. The molecule has 1 aliphatic heterocycles. The number of sulfonamides is 2. The minimum atomic E-state index is -4.42. The fourth-order valence-electron chi connectivity index (χ4n) is 3.32. The number of halogens is 3. The summed E-state index contributed by atoms with van der Waals surface area (Å²) >= 11 is 0. The molecule has 1 heterocycles. The van der Waals surface area contributed by atoms with Gasteiger partial charge in [-0.2, -0.15) is 17.5 Å². The molecule has 1 aliphatic rings. The van der Waals surface area contributed by atoms with Gasteiger partial charge in [-0.1, -0.05) is 18.6 Å². The molecule has 11 heteroatoms.